The zero-order valence-corrected chi connectivity index (χ0v) is 10.4. The SMILES string of the molecule is CC(C)C[C@H](NC(=O)C(N)C(C)C)C(=O)O. The van der Waals surface area contributed by atoms with Gasteiger partial charge in [-0.05, 0) is 18.3 Å². The molecule has 4 N–H and O–H groups in total. The van der Waals surface area contributed by atoms with E-state index in [1.165, 1.54) is 0 Å². The standard InChI is InChI=1S/C11H22N2O3/c1-6(2)5-8(11(15)16)13-10(14)9(12)7(3)4/h6-9H,5,12H2,1-4H3,(H,13,14)(H,15,16)/t8-,9?/m0/s1. The molecule has 94 valence electrons. The van der Waals surface area contributed by atoms with Crippen molar-refractivity contribution in [3.63, 3.8) is 0 Å². The highest BCUT2D eigenvalue weighted by atomic mass is 16.4. The number of amides is 1. The minimum Gasteiger partial charge on any atom is -0.480 e. The molecule has 5 nitrogen and oxygen atoms in total. The molecule has 0 saturated carbocycles. The Labute approximate surface area is 96.4 Å². The molecule has 1 amide bonds. The minimum absolute atomic E-state index is 0.00602. The minimum atomic E-state index is -1.02. The summed E-state index contributed by atoms with van der Waals surface area (Å²) in [5.74, 6) is -1.22. The number of carbonyl (C=O) groups is 2. The van der Waals surface area contributed by atoms with E-state index in [9.17, 15) is 9.59 Å². The third-order valence-corrected chi connectivity index (χ3v) is 2.34. The third kappa shape index (κ3) is 5.11. The molecule has 0 aliphatic heterocycles. The fraction of sp³-hybridized carbons (Fsp3) is 0.818. The zero-order chi connectivity index (χ0) is 12.9. The number of aliphatic carboxylic acids is 1. The Hall–Kier alpha value is -1.10. The summed E-state index contributed by atoms with van der Waals surface area (Å²) in [5, 5.41) is 11.4. The average molecular weight is 230 g/mol. The van der Waals surface area contributed by atoms with Gasteiger partial charge in [0.1, 0.15) is 6.04 Å². The van der Waals surface area contributed by atoms with E-state index in [-0.39, 0.29) is 11.8 Å². The highest BCUT2D eigenvalue weighted by Gasteiger charge is 2.25. The second-order valence-electron chi connectivity index (χ2n) is 4.80. The summed E-state index contributed by atoms with van der Waals surface area (Å²) in [6.07, 6.45) is 0.409. The van der Waals surface area contributed by atoms with Crippen molar-refractivity contribution in [3.8, 4) is 0 Å². The fourth-order valence-corrected chi connectivity index (χ4v) is 1.26. The second kappa shape index (κ2) is 6.48. The van der Waals surface area contributed by atoms with Crippen LogP contribution in [0.3, 0.4) is 0 Å². The topological polar surface area (TPSA) is 92.4 Å². The van der Waals surface area contributed by atoms with Crippen LogP contribution in [0.1, 0.15) is 34.1 Å². The van der Waals surface area contributed by atoms with Crippen molar-refractivity contribution in [1.29, 1.82) is 0 Å². The molecule has 0 aliphatic rings. The molecular formula is C11H22N2O3. The van der Waals surface area contributed by atoms with E-state index >= 15 is 0 Å². The summed E-state index contributed by atoms with van der Waals surface area (Å²) in [4.78, 5) is 22.5. The molecule has 0 radical (unpaired) electrons. The number of carboxylic acid groups (broad SMARTS) is 1. The van der Waals surface area contributed by atoms with Gasteiger partial charge in [0, 0.05) is 0 Å². The number of carbonyl (C=O) groups excluding carboxylic acids is 1. The van der Waals surface area contributed by atoms with Gasteiger partial charge in [-0.2, -0.15) is 0 Å². The molecule has 0 saturated heterocycles. The fourth-order valence-electron chi connectivity index (χ4n) is 1.26. The van der Waals surface area contributed by atoms with Crippen LogP contribution in [0.25, 0.3) is 0 Å². The van der Waals surface area contributed by atoms with Crippen molar-refractivity contribution in [2.24, 2.45) is 17.6 Å². The largest absolute Gasteiger partial charge is 0.480 e. The summed E-state index contributed by atoms with van der Waals surface area (Å²) in [6, 6.07) is -1.51. The molecule has 1 unspecified atom stereocenters. The van der Waals surface area contributed by atoms with Crippen LogP contribution in [0.4, 0.5) is 0 Å². The number of rotatable bonds is 6. The number of nitrogens with two attached hydrogens (primary N) is 1. The van der Waals surface area contributed by atoms with Gasteiger partial charge in [-0.25, -0.2) is 4.79 Å². The van der Waals surface area contributed by atoms with Gasteiger partial charge in [-0.1, -0.05) is 27.7 Å². The van der Waals surface area contributed by atoms with Gasteiger partial charge in [0.2, 0.25) is 5.91 Å². The van der Waals surface area contributed by atoms with Crippen molar-refractivity contribution >= 4 is 11.9 Å². The Morgan fingerprint density at radius 3 is 2.06 bits per heavy atom. The van der Waals surface area contributed by atoms with Crippen molar-refractivity contribution in [1.82, 2.24) is 5.32 Å². The molecule has 0 aromatic carbocycles. The summed E-state index contributed by atoms with van der Waals surface area (Å²) < 4.78 is 0. The lowest BCUT2D eigenvalue weighted by molar-refractivity contribution is -0.142. The van der Waals surface area contributed by atoms with Crippen LogP contribution < -0.4 is 11.1 Å². The number of nitrogens with one attached hydrogen (secondary N) is 1. The lowest BCUT2D eigenvalue weighted by Crippen LogP contribution is -2.50. The Morgan fingerprint density at radius 1 is 1.25 bits per heavy atom. The molecule has 5 heteroatoms. The average Bonchev–Trinajstić information content (AvgIpc) is 2.14. The van der Waals surface area contributed by atoms with Crippen LogP contribution in [0, 0.1) is 11.8 Å². The summed E-state index contributed by atoms with van der Waals surface area (Å²) in [6.45, 7) is 7.46. The quantitative estimate of drug-likeness (QED) is 0.622. The third-order valence-electron chi connectivity index (χ3n) is 2.34. The predicted molar refractivity (Wildman–Crippen MR) is 61.8 cm³/mol. The molecule has 0 aromatic heterocycles. The van der Waals surface area contributed by atoms with Crippen molar-refractivity contribution in [2.75, 3.05) is 0 Å². The van der Waals surface area contributed by atoms with Crippen molar-refractivity contribution in [3.05, 3.63) is 0 Å². The normalized spacial score (nSPS) is 14.9. The molecule has 0 rings (SSSR count). The molecule has 0 bridgehead atoms. The number of hydrogen-bond acceptors (Lipinski definition) is 3. The van der Waals surface area contributed by atoms with Gasteiger partial charge >= 0.3 is 5.97 Å². The van der Waals surface area contributed by atoms with Crippen LogP contribution in [0.2, 0.25) is 0 Å². The van der Waals surface area contributed by atoms with E-state index < -0.39 is 24.0 Å². The van der Waals surface area contributed by atoms with Crippen molar-refractivity contribution < 1.29 is 14.7 Å². The number of carboxylic acids is 1. The van der Waals surface area contributed by atoms with Gasteiger partial charge in [0.05, 0.1) is 6.04 Å². The van der Waals surface area contributed by atoms with E-state index in [0.717, 1.165) is 0 Å². The van der Waals surface area contributed by atoms with Crippen molar-refractivity contribution in [2.45, 2.75) is 46.2 Å². The van der Waals surface area contributed by atoms with Gasteiger partial charge in [0.25, 0.3) is 0 Å². The molecular weight excluding hydrogens is 208 g/mol. The van der Waals surface area contributed by atoms with Crippen LogP contribution in [-0.2, 0) is 9.59 Å². The Bertz CT molecular complexity index is 252. The Kier molecular flexibility index (Phi) is 6.03. The Morgan fingerprint density at radius 2 is 1.75 bits per heavy atom. The highest BCUT2D eigenvalue weighted by molar-refractivity contribution is 5.86. The van der Waals surface area contributed by atoms with Crippen LogP contribution >= 0.6 is 0 Å². The first-order valence-electron chi connectivity index (χ1n) is 5.54. The van der Waals surface area contributed by atoms with Gasteiger partial charge in [0.15, 0.2) is 0 Å². The summed E-state index contributed by atoms with van der Waals surface area (Å²) in [7, 11) is 0. The Balaban J connectivity index is 4.40. The van der Waals surface area contributed by atoms with E-state index in [1.807, 2.05) is 27.7 Å². The van der Waals surface area contributed by atoms with Gasteiger partial charge in [-0.15, -0.1) is 0 Å². The maximum Gasteiger partial charge on any atom is 0.326 e. The smallest absolute Gasteiger partial charge is 0.326 e. The molecule has 2 atom stereocenters. The maximum atomic E-state index is 11.6. The number of hydrogen-bond donors (Lipinski definition) is 3. The lowest BCUT2D eigenvalue weighted by atomic mass is 10.0. The lowest BCUT2D eigenvalue weighted by Gasteiger charge is -2.20. The van der Waals surface area contributed by atoms with E-state index in [2.05, 4.69) is 5.32 Å². The molecule has 0 heterocycles. The maximum absolute atomic E-state index is 11.6. The summed E-state index contributed by atoms with van der Waals surface area (Å²) in [5.41, 5.74) is 5.63. The van der Waals surface area contributed by atoms with Crippen LogP contribution in [-0.4, -0.2) is 29.1 Å². The second-order valence-corrected chi connectivity index (χ2v) is 4.80. The van der Waals surface area contributed by atoms with Crippen LogP contribution in [0.15, 0.2) is 0 Å². The molecule has 0 spiro atoms. The van der Waals surface area contributed by atoms with E-state index in [4.69, 9.17) is 10.8 Å². The first-order valence-corrected chi connectivity index (χ1v) is 5.54. The van der Waals surface area contributed by atoms with Gasteiger partial charge < -0.3 is 16.2 Å². The monoisotopic (exact) mass is 230 g/mol. The highest BCUT2D eigenvalue weighted by Crippen LogP contribution is 2.06. The predicted octanol–water partition coefficient (Wildman–Crippen LogP) is 0.585. The first-order chi connectivity index (χ1) is 7.25. The molecule has 0 fully saturated rings. The van der Waals surface area contributed by atoms with Gasteiger partial charge in [-0.3, -0.25) is 4.79 Å². The molecule has 16 heavy (non-hydrogen) atoms. The molecule has 0 aromatic rings. The summed E-state index contributed by atoms with van der Waals surface area (Å²) >= 11 is 0. The van der Waals surface area contributed by atoms with E-state index in [0.29, 0.717) is 6.42 Å². The van der Waals surface area contributed by atoms with E-state index in [1.54, 1.807) is 0 Å². The molecule has 0 aliphatic carbocycles. The zero-order valence-electron chi connectivity index (χ0n) is 10.4. The first kappa shape index (κ1) is 14.9. The van der Waals surface area contributed by atoms with Crippen LogP contribution in [0.5, 0.6) is 0 Å².